The molecular formula is C24H31N5O4. The zero-order chi connectivity index (χ0) is 23.2. The number of methoxy groups -OCH3 is 1. The molecule has 0 aliphatic carbocycles. The van der Waals surface area contributed by atoms with Crippen LogP contribution in [0.5, 0.6) is 5.88 Å². The molecule has 176 valence electrons. The summed E-state index contributed by atoms with van der Waals surface area (Å²) in [5.41, 5.74) is 3.06. The lowest BCUT2D eigenvalue weighted by Crippen LogP contribution is -2.36. The van der Waals surface area contributed by atoms with E-state index in [9.17, 15) is 14.7 Å². The molecule has 1 unspecified atom stereocenters. The minimum absolute atomic E-state index is 0.117. The maximum Gasteiger partial charge on any atom is 0.320 e. The molecule has 0 bridgehead atoms. The Kier molecular flexibility index (Phi) is 7.26. The fraction of sp³-hybridized carbons (Fsp3) is 0.500. The number of carbonyl (C=O) groups excluding carboxylic acids is 1. The normalized spacial score (nSPS) is 16.3. The summed E-state index contributed by atoms with van der Waals surface area (Å²) < 4.78 is 5.08. The van der Waals surface area contributed by atoms with Crippen molar-refractivity contribution < 1.29 is 19.4 Å². The molecular weight excluding hydrogens is 422 g/mol. The number of hydrogen-bond acceptors (Lipinski definition) is 6. The van der Waals surface area contributed by atoms with Crippen molar-refractivity contribution in [2.75, 3.05) is 38.6 Å². The van der Waals surface area contributed by atoms with E-state index >= 15 is 0 Å². The van der Waals surface area contributed by atoms with Crippen LogP contribution in [-0.4, -0.2) is 70.2 Å². The third-order valence-electron chi connectivity index (χ3n) is 6.29. The van der Waals surface area contributed by atoms with Gasteiger partial charge in [-0.3, -0.25) is 4.79 Å². The predicted molar refractivity (Wildman–Crippen MR) is 123 cm³/mol. The molecule has 9 nitrogen and oxygen atoms in total. The Morgan fingerprint density at radius 3 is 2.88 bits per heavy atom. The largest absolute Gasteiger partial charge is 0.481 e. The van der Waals surface area contributed by atoms with Crippen molar-refractivity contribution in [3.8, 4) is 5.88 Å². The Labute approximate surface area is 193 Å². The van der Waals surface area contributed by atoms with Crippen molar-refractivity contribution in [3.05, 3.63) is 47.3 Å². The first-order valence-electron chi connectivity index (χ1n) is 11.5. The van der Waals surface area contributed by atoms with Gasteiger partial charge < -0.3 is 25.0 Å². The van der Waals surface area contributed by atoms with E-state index in [2.05, 4.69) is 22.4 Å². The number of urea groups is 1. The van der Waals surface area contributed by atoms with Crippen molar-refractivity contribution in [2.24, 2.45) is 0 Å². The van der Waals surface area contributed by atoms with Gasteiger partial charge in [0.15, 0.2) is 0 Å². The third kappa shape index (κ3) is 5.53. The monoisotopic (exact) mass is 453 g/mol. The second-order valence-corrected chi connectivity index (χ2v) is 8.51. The van der Waals surface area contributed by atoms with Crippen molar-refractivity contribution in [3.63, 3.8) is 0 Å². The molecule has 0 spiro atoms. The van der Waals surface area contributed by atoms with Crippen molar-refractivity contribution in [1.29, 1.82) is 0 Å². The number of nitrogens with zero attached hydrogens (tertiary/aromatic N) is 4. The van der Waals surface area contributed by atoms with E-state index in [1.165, 1.54) is 12.7 Å². The van der Waals surface area contributed by atoms with E-state index in [-0.39, 0.29) is 12.5 Å². The summed E-state index contributed by atoms with van der Waals surface area (Å²) in [5.74, 6) is 0.516. The molecule has 33 heavy (non-hydrogen) atoms. The van der Waals surface area contributed by atoms with Crippen molar-refractivity contribution in [2.45, 2.75) is 44.6 Å². The van der Waals surface area contributed by atoms with Crippen LogP contribution in [0.3, 0.4) is 0 Å². The number of pyridine rings is 2. The topological polar surface area (TPSA) is 108 Å². The van der Waals surface area contributed by atoms with Crippen molar-refractivity contribution >= 4 is 17.8 Å². The lowest BCUT2D eigenvalue weighted by molar-refractivity contribution is -0.138. The number of unbranched alkanes of at least 4 members (excludes halogenated alkanes) is 1. The number of carboxylic acids is 1. The van der Waals surface area contributed by atoms with Crippen molar-refractivity contribution in [1.82, 2.24) is 19.8 Å². The standard InChI is InChI=1S/C24H31N5O4/c1-33-21-10-8-18(16-26-21)20(15-22(30)31)29-14-13-28(24(29)32)12-3-2-6-19-9-7-17-5-4-11-25-23(17)27-19/h7-10,16,20H,2-6,11-15H2,1H3,(H,25,27)(H,30,31). The average molecular weight is 454 g/mol. The number of carbonyl (C=O) groups is 2. The minimum atomic E-state index is -0.950. The number of hydrogen-bond donors (Lipinski definition) is 2. The molecule has 9 heteroatoms. The van der Waals surface area contributed by atoms with Crippen LogP contribution in [0.1, 0.15) is 48.5 Å². The molecule has 2 aliphatic heterocycles. The Hall–Kier alpha value is -3.36. The van der Waals surface area contributed by atoms with Crippen LogP contribution < -0.4 is 10.1 Å². The van der Waals surface area contributed by atoms with Gasteiger partial charge in [0.05, 0.1) is 19.6 Å². The van der Waals surface area contributed by atoms with Crippen LogP contribution >= 0.6 is 0 Å². The summed E-state index contributed by atoms with van der Waals surface area (Å²) in [6.07, 6.45) is 6.35. The quantitative estimate of drug-likeness (QED) is 0.532. The number of aryl methyl sites for hydroxylation is 2. The maximum absolute atomic E-state index is 13.0. The molecule has 2 aliphatic rings. The number of anilines is 1. The Morgan fingerprint density at radius 2 is 2.12 bits per heavy atom. The molecule has 2 aromatic heterocycles. The van der Waals surface area contributed by atoms with E-state index in [4.69, 9.17) is 9.72 Å². The zero-order valence-electron chi connectivity index (χ0n) is 19.0. The summed E-state index contributed by atoms with van der Waals surface area (Å²) >= 11 is 0. The van der Waals surface area contributed by atoms with Gasteiger partial charge in [-0.25, -0.2) is 14.8 Å². The van der Waals surface area contributed by atoms with E-state index in [0.29, 0.717) is 31.1 Å². The number of ether oxygens (including phenoxy) is 1. The van der Waals surface area contributed by atoms with Crippen LogP contribution in [0.2, 0.25) is 0 Å². The van der Waals surface area contributed by atoms with Gasteiger partial charge in [0.25, 0.3) is 0 Å². The zero-order valence-corrected chi connectivity index (χ0v) is 19.0. The van der Waals surface area contributed by atoms with Crippen LogP contribution in [0.4, 0.5) is 10.6 Å². The lowest BCUT2D eigenvalue weighted by Gasteiger charge is -2.27. The van der Waals surface area contributed by atoms with E-state index < -0.39 is 12.0 Å². The fourth-order valence-electron chi connectivity index (χ4n) is 4.50. The van der Waals surface area contributed by atoms with Gasteiger partial charge in [0.1, 0.15) is 5.82 Å². The predicted octanol–water partition coefficient (Wildman–Crippen LogP) is 3.12. The number of aromatic nitrogens is 2. The van der Waals surface area contributed by atoms with Gasteiger partial charge in [-0.1, -0.05) is 12.1 Å². The summed E-state index contributed by atoms with van der Waals surface area (Å²) in [6, 6.07) is 7.07. The highest BCUT2D eigenvalue weighted by Crippen LogP contribution is 2.29. The Bertz CT molecular complexity index is 981. The van der Waals surface area contributed by atoms with Gasteiger partial charge in [0.2, 0.25) is 5.88 Å². The van der Waals surface area contributed by atoms with Gasteiger partial charge >= 0.3 is 12.0 Å². The molecule has 4 heterocycles. The number of fused-ring (bicyclic) bond motifs is 1. The average Bonchev–Trinajstić information content (AvgIpc) is 3.20. The number of amides is 2. The summed E-state index contributed by atoms with van der Waals surface area (Å²) in [4.78, 5) is 36.9. The highest BCUT2D eigenvalue weighted by Gasteiger charge is 2.35. The molecule has 2 N–H and O–H groups in total. The first-order chi connectivity index (χ1) is 16.0. The second kappa shape index (κ2) is 10.5. The van der Waals surface area contributed by atoms with Crippen LogP contribution in [0, 0.1) is 0 Å². The van der Waals surface area contributed by atoms with Crippen LogP contribution in [0.25, 0.3) is 0 Å². The fourth-order valence-corrected chi connectivity index (χ4v) is 4.50. The summed E-state index contributed by atoms with van der Waals surface area (Å²) in [6.45, 7) is 2.73. The Morgan fingerprint density at radius 1 is 1.24 bits per heavy atom. The molecule has 2 aromatic rings. The number of rotatable bonds is 10. The van der Waals surface area contributed by atoms with Gasteiger partial charge in [-0.15, -0.1) is 0 Å². The van der Waals surface area contributed by atoms with Crippen LogP contribution in [-0.2, 0) is 17.6 Å². The highest BCUT2D eigenvalue weighted by molar-refractivity contribution is 5.78. The number of nitrogens with one attached hydrogen (secondary N) is 1. The van der Waals surface area contributed by atoms with Gasteiger partial charge in [-0.2, -0.15) is 0 Å². The highest BCUT2D eigenvalue weighted by atomic mass is 16.5. The molecule has 0 aromatic carbocycles. The van der Waals surface area contributed by atoms with Crippen LogP contribution in [0.15, 0.2) is 30.5 Å². The molecule has 1 saturated heterocycles. The maximum atomic E-state index is 13.0. The molecule has 1 fully saturated rings. The van der Waals surface area contributed by atoms with Gasteiger partial charge in [0, 0.05) is 44.1 Å². The molecule has 4 rings (SSSR count). The summed E-state index contributed by atoms with van der Waals surface area (Å²) in [5, 5.41) is 12.8. The SMILES string of the molecule is COc1ccc(C(CC(=O)O)N2CCN(CCCCc3ccc4c(n3)NCCC4)C2=O)cn1. The second-order valence-electron chi connectivity index (χ2n) is 8.51. The first kappa shape index (κ1) is 22.8. The van der Waals surface area contributed by atoms with E-state index in [0.717, 1.165) is 50.2 Å². The first-order valence-corrected chi connectivity index (χ1v) is 11.5. The van der Waals surface area contributed by atoms with Gasteiger partial charge in [-0.05, 0) is 49.3 Å². The summed E-state index contributed by atoms with van der Waals surface area (Å²) in [7, 11) is 1.52. The van der Waals surface area contributed by atoms with E-state index in [1.807, 2.05) is 4.90 Å². The third-order valence-corrected chi connectivity index (χ3v) is 6.29. The number of carboxylic acid groups (broad SMARTS) is 1. The Balaban J connectivity index is 1.31. The smallest absolute Gasteiger partial charge is 0.320 e. The molecule has 1 atom stereocenters. The van der Waals surface area contributed by atoms with E-state index in [1.54, 1.807) is 23.2 Å². The molecule has 2 amide bonds. The number of aliphatic carboxylic acids is 1. The lowest BCUT2D eigenvalue weighted by atomic mass is 10.0. The molecule has 0 radical (unpaired) electrons. The molecule has 0 saturated carbocycles. The minimum Gasteiger partial charge on any atom is -0.481 e.